The summed E-state index contributed by atoms with van der Waals surface area (Å²) in [6.07, 6.45) is 1.34. The van der Waals surface area contributed by atoms with Crippen molar-refractivity contribution in [1.82, 2.24) is 15.1 Å². The Morgan fingerprint density at radius 1 is 1.09 bits per heavy atom. The molecular formula is C41H43N3O9S. The Labute approximate surface area is 317 Å². The van der Waals surface area contributed by atoms with Crippen molar-refractivity contribution in [3.63, 3.8) is 0 Å². The molecule has 12 nitrogen and oxygen atoms in total. The molecule has 4 bridgehead atoms. The quantitative estimate of drug-likeness (QED) is 0.197. The maximum atomic E-state index is 14.8. The molecule has 7 atom stereocenters. The molecule has 1 spiro atoms. The van der Waals surface area contributed by atoms with Crippen LogP contribution in [-0.2, 0) is 32.7 Å². The summed E-state index contributed by atoms with van der Waals surface area (Å²) in [5, 5.41) is 16.3. The number of phenols is 1. The fourth-order valence-corrected chi connectivity index (χ4v) is 12.4. The molecule has 282 valence electrons. The third-order valence-corrected chi connectivity index (χ3v) is 14.1. The van der Waals surface area contributed by atoms with E-state index in [2.05, 4.69) is 35.2 Å². The summed E-state index contributed by atoms with van der Waals surface area (Å²) in [5.41, 5.74) is 5.00. The van der Waals surface area contributed by atoms with E-state index in [1.807, 2.05) is 38.1 Å². The molecular weight excluding hydrogens is 711 g/mol. The Bertz CT molecular complexity index is 2310. The molecule has 2 N–H and O–H groups in total. The average molecular weight is 754 g/mol. The molecule has 13 heteroatoms. The molecule has 12 rings (SSSR count). The Balaban J connectivity index is 1.25. The summed E-state index contributed by atoms with van der Waals surface area (Å²) in [6.45, 7) is 8.77. The molecule has 54 heavy (non-hydrogen) atoms. The summed E-state index contributed by atoms with van der Waals surface area (Å²) in [6, 6.07) is 8.92. The monoisotopic (exact) mass is 753 g/mol. The number of ether oxygens (including phenoxy) is 5. The van der Waals surface area contributed by atoms with Gasteiger partial charge in [-0.1, -0.05) is 24.3 Å². The molecule has 0 aliphatic carbocycles. The first-order valence-electron chi connectivity index (χ1n) is 18.5. The van der Waals surface area contributed by atoms with Crippen molar-refractivity contribution >= 4 is 34.7 Å². The van der Waals surface area contributed by atoms with Crippen molar-refractivity contribution in [2.45, 2.75) is 75.0 Å². The van der Waals surface area contributed by atoms with E-state index in [4.69, 9.17) is 28.1 Å². The number of methoxy groups -OCH3 is 1. The number of furan rings is 1. The standard InChI is InChI=1S/C41H43N3O9S/c1-19-13-22-14-40(4)16-43(5)30(27(22)32(46)33(19)48-6)31-37-29-28(36-35(50-18-51-36)20(2)34(29)52-21(3)45)25(44(31)40)15-49-39(47)41(17-54-37)38-24(11-12-42-41)23-9-7-8-10-26(23)53-38/h7-10,13,25,30-31,37,42,46H,11-12,14-18H2,1-6H3/t25-,30?,31+,37+,40?,41+/m0/s1. The van der Waals surface area contributed by atoms with Gasteiger partial charge in [0.1, 0.15) is 23.7 Å². The predicted octanol–water partition coefficient (Wildman–Crippen LogP) is 5.52. The highest BCUT2D eigenvalue weighted by Gasteiger charge is 2.63. The van der Waals surface area contributed by atoms with Crippen LogP contribution in [0.1, 0.15) is 75.9 Å². The zero-order chi connectivity index (χ0) is 37.4. The van der Waals surface area contributed by atoms with Crippen LogP contribution < -0.4 is 24.3 Å². The zero-order valence-electron chi connectivity index (χ0n) is 31.2. The van der Waals surface area contributed by atoms with Crippen LogP contribution in [0.3, 0.4) is 0 Å². The van der Waals surface area contributed by atoms with Crippen LogP contribution in [0.4, 0.5) is 0 Å². The summed E-state index contributed by atoms with van der Waals surface area (Å²) >= 11 is 1.62. The van der Waals surface area contributed by atoms with E-state index < -0.39 is 34.3 Å². The fourth-order valence-electron chi connectivity index (χ4n) is 10.8. The Morgan fingerprint density at radius 3 is 2.69 bits per heavy atom. The maximum Gasteiger partial charge on any atom is 0.335 e. The van der Waals surface area contributed by atoms with Crippen molar-refractivity contribution in [3.05, 3.63) is 75.0 Å². The van der Waals surface area contributed by atoms with Gasteiger partial charge in [0.15, 0.2) is 28.5 Å². The van der Waals surface area contributed by atoms with E-state index in [0.29, 0.717) is 60.3 Å². The van der Waals surface area contributed by atoms with Crippen molar-refractivity contribution in [3.8, 4) is 28.7 Å². The molecule has 2 fully saturated rings. The summed E-state index contributed by atoms with van der Waals surface area (Å²) < 4.78 is 37.6. The average Bonchev–Trinajstić information content (AvgIpc) is 3.73. The molecule has 8 aliphatic heterocycles. The third-order valence-electron chi connectivity index (χ3n) is 12.6. The molecule has 0 amide bonds. The smallest absolute Gasteiger partial charge is 0.335 e. The summed E-state index contributed by atoms with van der Waals surface area (Å²) in [4.78, 5) is 32.6. The number of carbonyl (C=O) groups excluding carboxylic acids is 2. The largest absolute Gasteiger partial charge is 0.504 e. The molecule has 1 aromatic heterocycles. The van der Waals surface area contributed by atoms with Gasteiger partial charge in [0, 0.05) is 70.6 Å². The Kier molecular flexibility index (Phi) is 7.44. The number of hydrogen-bond donors (Lipinski definition) is 2. The Morgan fingerprint density at radius 2 is 1.89 bits per heavy atom. The molecule has 2 saturated heterocycles. The number of phenolic OH excluding ortho intramolecular Hbond substituents is 1. The van der Waals surface area contributed by atoms with Crippen LogP contribution in [0.2, 0.25) is 0 Å². The molecule has 0 saturated carbocycles. The van der Waals surface area contributed by atoms with Crippen LogP contribution in [0.15, 0.2) is 34.7 Å². The van der Waals surface area contributed by atoms with Gasteiger partial charge in [-0.15, -0.1) is 11.8 Å². The van der Waals surface area contributed by atoms with E-state index in [-0.39, 0.29) is 37.0 Å². The van der Waals surface area contributed by atoms with Gasteiger partial charge >= 0.3 is 11.9 Å². The number of piperazine rings is 1. The minimum absolute atomic E-state index is 0.00617. The van der Waals surface area contributed by atoms with Crippen molar-refractivity contribution in [1.29, 1.82) is 0 Å². The lowest BCUT2D eigenvalue weighted by Gasteiger charge is -2.61. The fraction of sp³-hybridized carbons (Fsp3) is 0.463. The first-order chi connectivity index (χ1) is 26.0. The van der Waals surface area contributed by atoms with Gasteiger partial charge in [0.2, 0.25) is 6.79 Å². The number of aryl methyl sites for hydroxylation is 1. The highest BCUT2D eigenvalue weighted by Crippen LogP contribution is 2.65. The third kappa shape index (κ3) is 4.43. The van der Waals surface area contributed by atoms with E-state index >= 15 is 0 Å². The number of nitrogens with one attached hydrogen (secondary N) is 1. The molecule has 4 aromatic rings. The predicted molar refractivity (Wildman–Crippen MR) is 200 cm³/mol. The van der Waals surface area contributed by atoms with Crippen molar-refractivity contribution < 1.29 is 42.8 Å². The molecule has 3 unspecified atom stereocenters. The minimum Gasteiger partial charge on any atom is -0.504 e. The second-order valence-electron chi connectivity index (χ2n) is 15.9. The van der Waals surface area contributed by atoms with E-state index in [9.17, 15) is 14.7 Å². The zero-order valence-corrected chi connectivity index (χ0v) is 32.0. The second kappa shape index (κ2) is 11.8. The number of para-hydroxylation sites is 1. The van der Waals surface area contributed by atoms with E-state index in [0.717, 1.165) is 44.3 Å². The van der Waals surface area contributed by atoms with Gasteiger partial charge in [0.05, 0.1) is 24.4 Å². The van der Waals surface area contributed by atoms with Crippen LogP contribution in [0.5, 0.6) is 28.7 Å². The number of carbonyl (C=O) groups is 2. The van der Waals surface area contributed by atoms with E-state index in [1.165, 1.54) is 6.92 Å². The lowest BCUT2D eigenvalue weighted by Crippen LogP contribution is -2.69. The number of likely N-dealkylation sites (N-methyl/N-ethyl adjacent to an activating group) is 1. The number of esters is 2. The molecule has 8 aliphatic rings. The van der Waals surface area contributed by atoms with Crippen LogP contribution >= 0.6 is 11.8 Å². The first kappa shape index (κ1) is 34.1. The molecule has 0 radical (unpaired) electrons. The lowest BCUT2D eigenvalue weighted by atomic mass is 9.76. The second-order valence-corrected chi connectivity index (χ2v) is 17.0. The van der Waals surface area contributed by atoms with Crippen molar-refractivity contribution in [2.24, 2.45) is 0 Å². The van der Waals surface area contributed by atoms with Gasteiger partial charge < -0.3 is 33.2 Å². The topological polar surface area (TPSA) is 132 Å². The van der Waals surface area contributed by atoms with Crippen molar-refractivity contribution in [2.75, 3.05) is 46.4 Å². The minimum atomic E-state index is -1.29. The first-order valence-corrected chi connectivity index (χ1v) is 19.6. The number of thioether (sulfide) groups is 1. The number of rotatable bonds is 2. The maximum absolute atomic E-state index is 14.8. The van der Waals surface area contributed by atoms with Gasteiger partial charge in [0.25, 0.3) is 0 Å². The van der Waals surface area contributed by atoms with Crippen LogP contribution in [-0.4, -0.2) is 84.8 Å². The summed E-state index contributed by atoms with van der Waals surface area (Å²) in [7, 11) is 3.70. The highest BCUT2D eigenvalue weighted by atomic mass is 32.2. The SMILES string of the molecule is COc1c(C)cc2c(c1O)C1[C@@H]3[C@@H]4SC[C@]5(NCCc6c5oc5ccccc65)C(=O)OC[C@@H](c5c6c(c(C)c(OC(C)=O)c54)OCO6)N3C(C)(C2)CN1C. The van der Waals surface area contributed by atoms with Gasteiger partial charge in [-0.3, -0.25) is 19.9 Å². The highest BCUT2D eigenvalue weighted by molar-refractivity contribution is 7.99. The van der Waals surface area contributed by atoms with E-state index in [1.54, 1.807) is 18.9 Å². The Hall–Kier alpha value is -4.43. The summed E-state index contributed by atoms with van der Waals surface area (Å²) in [5.74, 6) is 2.14. The van der Waals surface area contributed by atoms with Crippen LogP contribution in [0, 0.1) is 13.8 Å². The van der Waals surface area contributed by atoms with Crippen LogP contribution in [0.25, 0.3) is 11.0 Å². The van der Waals surface area contributed by atoms with Gasteiger partial charge in [-0.05, 0) is 57.9 Å². The normalized spacial score (nSPS) is 30.6. The van der Waals surface area contributed by atoms with Gasteiger partial charge in [-0.2, -0.15) is 0 Å². The number of fused-ring (bicyclic) bond motifs is 8. The molecule has 9 heterocycles. The lowest BCUT2D eigenvalue weighted by molar-refractivity contribution is -0.160. The number of benzene rings is 3. The molecule has 3 aromatic carbocycles. The number of nitrogens with zero attached hydrogens (tertiary/aromatic N) is 2. The number of aromatic hydroxyl groups is 1. The number of hydrogen-bond acceptors (Lipinski definition) is 13. The van der Waals surface area contributed by atoms with Gasteiger partial charge in [-0.25, -0.2) is 4.79 Å².